The fraction of sp³-hybridized carbons (Fsp3) is 0.225. The van der Waals surface area contributed by atoms with Crippen LogP contribution in [0.1, 0.15) is 27.9 Å². The molecule has 0 aliphatic rings. The average molecular weight is 780 g/mol. The molecule has 0 aliphatic heterocycles. The third-order valence-electron chi connectivity index (χ3n) is 8.25. The number of hydrogen-bond acceptors (Lipinski definition) is 8. The van der Waals surface area contributed by atoms with E-state index in [0.29, 0.717) is 55.1 Å². The van der Waals surface area contributed by atoms with Gasteiger partial charge in [0.15, 0.2) is 0 Å². The molecule has 5 aromatic carbocycles. The minimum absolute atomic E-state index is 0.0389. The van der Waals surface area contributed by atoms with E-state index in [9.17, 15) is 26.4 Å². The molecule has 54 heavy (non-hydrogen) atoms. The van der Waals surface area contributed by atoms with Gasteiger partial charge >= 0.3 is 6.18 Å². The van der Waals surface area contributed by atoms with Crippen molar-refractivity contribution in [3.63, 3.8) is 0 Å². The zero-order chi connectivity index (χ0) is 38.7. The highest BCUT2D eigenvalue weighted by Gasteiger charge is 2.35. The van der Waals surface area contributed by atoms with Crippen LogP contribution in [0, 0.1) is 0 Å². The summed E-state index contributed by atoms with van der Waals surface area (Å²) in [5.41, 5.74) is 2.29. The molecule has 0 saturated carbocycles. The fourth-order valence-electron chi connectivity index (χ4n) is 5.56. The molecule has 0 atom stereocenters. The summed E-state index contributed by atoms with van der Waals surface area (Å²) in [6.07, 6.45) is -4.28. The predicted molar refractivity (Wildman–Crippen MR) is 208 cm³/mol. The number of alkyl halides is 3. The largest absolute Gasteiger partial charge is 0.456 e. The van der Waals surface area contributed by atoms with E-state index >= 15 is 0 Å². The van der Waals surface area contributed by atoms with Gasteiger partial charge in [0.25, 0.3) is 15.9 Å². The summed E-state index contributed by atoms with van der Waals surface area (Å²) < 4.78 is 76.6. The lowest BCUT2D eigenvalue weighted by molar-refractivity contribution is -0.137. The van der Waals surface area contributed by atoms with Gasteiger partial charge < -0.3 is 25.6 Å². The smallest absolute Gasteiger partial charge is 0.418 e. The normalized spacial score (nSPS) is 11.7. The van der Waals surface area contributed by atoms with Crippen LogP contribution in [-0.2, 0) is 22.7 Å². The standard InChI is InChI=1S/C40H41ClF3N5O4S/c1-49(2)24-8-21-47-37-20-18-33(26-36(37)40(42,43)44)54(51,52)48-39(50)35-19-17-31(25-38(35)53-32-10-4-3-5-11-32)46-23-22-45-27-29-9-6-7-12-34(29)28-13-15-30(41)16-14-28/h3-7,9-20,25-26,45-47H,8,21-24,27H2,1-2H3,(H,48,50). The molecule has 0 saturated heterocycles. The Balaban J connectivity index is 1.27. The van der Waals surface area contributed by atoms with Crippen molar-refractivity contribution in [1.82, 2.24) is 14.9 Å². The van der Waals surface area contributed by atoms with Crippen molar-refractivity contribution in [3.8, 4) is 22.6 Å². The number of benzene rings is 5. The van der Waals surface area contributed by atoms with Crippen LogP contribution >= 0.6 is 11.6 Å². The maximum Gasteiger partial charge on any atom is 0.418 e. The van der Waals surface area contributed by atoms with Crippen molar-refractivity contribution < 1.29 is 31.1 Å². The van der Waals surface area contributed by atoms with Gasteiger partial charge in [-0.3, -0.25) is 4.79 Å². The molecule has 9 nitrogen and oxygen atoms in total. The number of rotatable bonds is 17. The molecular formula is C40H41ClF3N5O4S. The van der Waals surface area contributed by atoms with Crippen molar-refractivity contribution in [2.24, 2.45) is 0 Å². The van der Waals surface area contributed by atoms with E-state index < -0.39 is 32.6 Å². The molecule has 0 spiro atoms. The number of amides is 1. The van der Waals surface area contributed by atoms with Crippen molar-refractivity contribution in [2.45, 2.75) is 24.0 Å². The molecule has 0 fully saturated rings. The SMILES string of the molecule is CN(C)CCCNc1ccc(S(=O)(=O)NC(=O)c2ccc(NCCNCc3ccccc3-c3ccc(Cl)cc3)cc2Oc2ccccc2)cc1C(F)(F)F. The van der Waals surface area contributed by atoms with Gasteiger partial charge in [-0.05, 0) is 98.3 Å². The molecule has 0 radical (unpaired) electrons. The lowest BCUT2D eigenvalue weighted by Crippen LogP contribution is -2.31. The van der Waals surface area contributed by atoms with E-state index in [2.05, 4.69) is 28.1 Å². The van der Waals surface area contributed by atoms with Crippen molar-refractivity contribution in [2.75, 3.05) is 50.9 Å². The van der Waals surface area contributed by atoms with Gasteiger partial charge in [0.1, 0.15) is 11.5 Å². The van der Waals surface area contributed by atoms with Crippen LogP contribution in [0.2, 0.25) is 5.02 Å². The van der Waals surface area contributed by atoms with Crippen molar-refractivity contribution in [3.05, 3.63) is 137 Å². The lowest BCUT2D eigenvalue weighted by atomic mass is 10.00. The van der Waals surface area contributed by atoms with Gasteiger partial charge in [-0.15, -0.1) is 0 Å². The second-order valence-electron chi connectivity index (χ2n) is 12.6. The molecule has 4 N–H and O–H groups in total. The maximum atomic E-state index is 14.0. The summed E-state index contributed by atoms with van der Waals surface area (Å²) in [4.78, 5) is 14.7. The zero-order valence-electron chi connectivity index (χ0n) is 29.7. The Morgan fingerprint density at radius 1 is 0.815 bits per heavy atom. The molecule has 0 heterocycles. The molecule has 14 heteroatoms. The molecule has 5 aromatic rings. The van der Waals surface area contributed by atoms with Crippen LogP contribution in [0.25, 0.3) is 11.1 Å². The first-order chi connectivity index (χ1) is 25.8. The minimum Gasteiger partial charge on any atom is -0.456 e. The van der Waals surface area contributed by atoms with Crippen LogP contribution in [0.5, 0.6) is 11.5 Å². The van der Waals surface area contributed by atoms with E-state index in [1.165, 1.54) is 6.07 Å². The van der Waals surface area contributed by atoms with Crippen LogP contribution in [0.3, 0.4) is 0 Å². The summed E-state index contributed by atoms with van der Waals surface area (Å²) in [6, 6.07) is 31.5. The Kier molecular flexibility index (Phi) is 13.6. The Morgan fingerprint density at radius 2 is 1.54 bits per heavy atom. The number of para-hydroxylation sites is 1. The first-order valence-corrected chi connectivity index (χ1v) is 19.0. The molecular weight excluding hydrogens is 739 g/mol. The zero-order valence-corrected chi connectivity index (χ0v) is 31.3. The quantitative estimate of drug-likeness (QED) is 0.0696. The summed E-state index contributed by atoms with van der Waals surface area (Å²) >= 11 is 6.07. The van der Waals surface area contributed by atoms with Gasteiger partial charge in [-0.25, -0.2) is 13.1 Å². The third-order valence-corrected chi connectivity index (χ3v) is 9.83. The number of carbonyl (C=O) groups is 1. The number of hydrogen-bond donors (Lipinski definition) is 4. The topological polar surface area (TPSA) is 112 Å². The number of anilines is 2. The predicted octanol–water partition coefficient (Wildman–Crippen LogP) is 8.50. The van der Waals surface area contributed by atoms with E-state index in [1.807, 2.05) is 60.1 Å². The van der Waals surface area contributed by atoms with Crippen LogP contribution < -0.4 is 25.4 Å². The van der Waals surface area contributed by atoms with Crippen LogP contribution in [-0.4, -0.2) is 59.5 Å². The highest BCUT2D eigenvalue weighted by atomic mass is 35.5. The summed E-state index contributed by atoms with van der Waals surface area (Å²) in [6.45, 7) is 2.58. The monoisotopic (exact) mass is 779 g/mol. The molecule has 1 amide bonds. The number of halogens is 4. The van der Waals surface area contributed by atoms with Gasteiger partial charge in [0.05, 0.1) is 16.0 Å². The summed E-state index contributed by atoms with van der Waals surface area (Å²) in [5, 5.41) is 10.1. The third kappa shape index (κ3) is 11.2. The molecule has 5 rings (SSSR count). The number of nitrogens with zero attached hydrogens (tertiary/aromatic N) is 1. The number of ether oxygens (including phenoxy) is 1. The lowest BCUT2D eigenvalue weighted by Gasteiger charge is -2.17. The Morgan fingerprint density at radius 3 is 2.26 bits per heavy atom. The first-order valence-electron chi connectivity index (χ1n) is 17.1. The van der Waals surface area contributed by atoms with Gasteiger partial charge in [-0.2, -0.15) is 13.2 Å². The molecule has 284 valence electrons. The number of carbonyl (C=O) groups excluding carboxylic acids is 1. The fourth-order valence-corrected chi connectivity index (χ4v) is 6.68. The highest BCUT2D eigenvalue weighted by Crippen LogP contribution is 2.37. The number of sulfonamides is 1. The first kappa shape index (κ1) is 40.1. The molecule has 0 unspecified atom stereocenters. The van der Waals surface area contributed by atoms with Crippen molar-refractivity contribution in [1.29, 1.82) is 0 Å². The Bertz CT molecular complexity index is 2130. The van der Waals surface area contributed by atoms with E-state index in [1.54, 1.807) is 42.5 Å². The van der Waals surface area contributed by atoms with Gasteiger partial charge in [-0.1, -0.05) is 66.2 Å². The van der Waals surface area contributed by atoms with E-state index in [-0.39, 0.29) is 23.5 Å². The average Bonchev–Trinajstić information content (AvgIpc) is 3.13. The maximum absolute atomic E-state index is 14.0. The van der Waals surface area contributed by atoms with Crippen molar-refractivity contribution >= 4 is 38.9 Å². The Labute approximate surface area is 318 Å². The van der Waals surface area contributed by atoms with E-state index in [0.717, 1.165) is 28.8 Å². The second kappa shape index (κ2) is 18.3. The van der Waals surface area contributed by atoms with E-state index in [4.69, 9.17) is 16.3 Å². The molecule has 0 aliphatic carbocycles. The minimum atomic E-state index is -4.85. The van der Waals surface area contributed by atoms with Gasteiger partial charge in [0.2, 0.25) is 0 Å². The molecule has 0 aromatic heterocycles. The van der Waals surface area contributed by atoms with Crippen LogP contribution in [0.15, 0.2) is 120 Å². The van der Waals surface area contributed by atoms with Gasteiger partial charge in [0, 0.05) is 48.6 Å². The summed E-state index contributed by atoms with van der Waals surface area (Å²) in [5.74, 6) is -0.652. The highest BCUT2D eigenvalue weighted by molar-refractivity contribution is 7.90. The Hall–Kier alpha value is -5.08. The second-order valence-corrected chi connectivity index (χ2v) is 14.7. The summed E-state index contributed by atoms with van der Waals surface area (Å²) in [7, 11) is -1.03. The molecule has 0 bridgehead atoms. The number of nitrogens with one attached hydrogen (secondary N) is 4. The van der Waals surface area contributed by atoms with Crippen LogP contribution in [0.4, 0.5) is 24.5 Å².